The summed E-state index contributed by atoms with van der Waals surface area (Å²) in [6, 6.07) is 0. The predicted molar refractivity (Wildman–Crippen MR) is 78.7 cm³/mol. The zero-order valence-corrected chi connectivity index (χ0v) is 12.2. The Kier molecular flexibility index (Phi) is 4.76. The van der Waals surface area contributed by atoms with Crippen molar-refractivity contribution in [3.8, 4) is 0 Å². The minimum Gasteiger partial charge on any atom is -0.111 e. The van der Waals surface area contributed by atoms with Gasteiger partial charge in [0, 0.05) is 0 Å². The third kappa shape index (κ3) is 1.89. The van der Waals surface area contributed by atoms with Gasteiger partial charge in [-0.25, -0.2) is 0 Å². The molecule has 1 heterocycles. The Morgan fingerprint density at radius 1 is 0.812 bits per heavy atom. The minimum absolute atomic E-state index is 0.542. The van der Waals surface area contributed by atoms with E-state index >= 15 is 0 Å². The van der Waals surface area contributed by atoms with E-state index in [-0.39, 0.29) is 0 Å². The second kappa shape index (κ2) is 5.47. The van der Waals surface area contributed by atoms with Crippen LogP contribution in [0.15, 0.2) is 10.9 Å². The van der Waals surface area contributed by atoms with Crippen LogP contribution in [0.25, 0.3) is 0 Å². The summed E-state index contributed by atoms with van der Waals surface area (Å²) in [7, 11) is 0. The van der Waals surface area contributed by atoms with Crippen LogP contribution in [0, 0.1) is 0 Å². The van der Waals surface area contributed by atoms with E-state index in [1.807, 2.05) is 0 Å². The van der Waals surface area contributed by atoms with Gasteiger partial charge in [0.2, 0.25) is 0 Å². The molecular weight excluding hydrogens is 190 g/mol. The molecule has 1 aliphatic heterocycles. The normalized spacial score (nSPS) is 19.9. The van der Waals surface area contributed by atoms with Crippen LogP contribution in [0.2, 0.25) is 17.9 Å². The predicted octanol–water partition coefficient (Wildman–Crippen LogP) is 4.93. The van der Waals surface area contributed by atoms with Gasteiger partial charge in [-0.2, -0.15) is 0 Å². The molecule has 0 aliphatic carbocycles. The van der Waals surface area contributed by atoms with Gasteiger partial charge in [0.15, 0.2) is 13.4 Å². The first-order valence-corrected chi connectivity index (χ1v) is 7.32. The summed E-state index contributed by atoms with van der Waals surface area (Å²) >= 11 is 0. The first-order chi connectivity index (χ1) is 7.60. The second-order valence-electron chi connectivity index (χ2n) is 5.54. The molecule has 0 bridgehead atoms. The lowest BCUT2D eigenvalue weighted by Gasteiger charge is -2.34. The van der Waals surface area contributed by atoms with Crippen LogP contribution < -0.4 is 0 Å². The molecule has 0 amide bonds. The molecule has 0 nitrogen and oxygen atoms in total. The lowest BCUT2D eigenvalue weighted by atomic mass is 9.15. The number of allylic oxidation sites excluding steroid dienone is 2. The molecule has 16 heavy (non-hydrogen) atoms. The van der Waals surface area contributed by atoms with E-state index in [4.69, 9.17) is 0 Å². The van der Waals surface area contributed by atoms with Crippen molar-refractivity contribution in [1.82, 2.24) is 0 Å². The van der Waals surface area contributed by atoms with Crippen LogP contribution >= 0.6 is 0 Å². The van der Waals surface area contributed by atoms with E-state index in [1.165, 1.54) is 31.9 Å². The van der Waals surface area contributed by atoms with Gasteiger partial charge in [0.1, 0.15) is 0 Å². The molecule has 0 N–H and O–H groups in total. The summed E-state index contributed by atoms with van der Waals surface area (Å²) in [6.45, 7) is 16.1. The molecule has 0 aromatic heterocycles. The number of hydrogen-bond donors (Lipinski definition) is 0. The van der Waals surface area contributed by atoms with Crippen molar-refractivity contribution in [3.63, 3.8) is 0 Å². The molecule has 2 heteroatoms. The molecule has 90 valence electrons. The monoisotopic (exact) mass is 218 g/mol. The van der Waals surface area contributed by atoms with Crippen LogP contribution in [0.5, 0.6) is 0 Å². The maximum Gasteiger partial charge on any atom is 0.168 e. The van der Waals surface area contributed by atoms with E-state index in [1.54, 1.807) is 10.9 Å². The molecule has 0 spiro atoms. The molecular formula is C14H28B2. The van der Waals surface area contributed by atoms with Crippen molar-refractivity contribution < 1.29 is 0 Å². The topological polar surface area (TPSA) is 0 Å². The molecule has 1 rings (SSSR count). The Morgan fingerprint density at radius 2 is 1.19 bits per heavy atom. The smallest absolute Gasteiger partial charge is 0.111 e. The van der Waals surface area contributed by atoms with Crippen LogP contribution in [0.1, 0.15) is 60.8 Å². The van der Waals surface area contributed by atoms with E-state index < -0.39 is 0 Å². The highest BCUT2D eigenvalue weighted by Gasteiger charge is 2.50. The first-order valence-electron chi connectivity index (χ1n) is 7.32. The zero-order valence-electron chi connectivity index (χ0n) is 12.2. The molecule has 0 aromatic rings. The average Bonchev–Trinajstić information content (AvgIpc) is 2.56. The fourth-order valence-corrected chi connectivity index (χ4v) is 4.35. The van der Waals surface area contributed by atoms with Gasteiger partial charge in [-0.3, -0.25) is 0 Å². The summed E-state index contributed by atoms with van der Waals surface area (Å²) in [5.74, 6) is 0. The quantitative estimate of drug-likeness (QED) is 0.573. The van der Waals surface area contributed by atoms with Crippen LogP contribution in [-0.4, -0.2) is 13.4 Å². The average molecular weight is 218 g/mol. The first kappa shape index (κ1) is 13.9. The van der Waals surface area contributed by atoms with Crippen LogP contribution in [0.4, 0.5) is 0 Å². The Labute approximate surface area is 103 Å². The highest BCUT2D eigenvalue weighted by molar-refractivity contribution is 6.94. The molecule has 0 saturated heterocycles. The second-order valence-corrected chi connectivity index (χ2v) is 5.54. The summed E-state index contributed by atoms with van der Waals surface area (Å²) in [4.78, 5) is 0. The summed E-state index contributed by atoms with van der Waals surface area (Å²) in [5, 5.41) is 0.542. The zero-order chi connectivity index (χ0) is 12.3. The largest absolute Gasteiger partial charge is 0.168 e. The van der Waals surface area contributed by atoms with Gasteiger partial charge >= 0.3 is 0 Å². The molecule has 0 atom stereocenters. The molecule has 0 aromatic carbocycles. The lowest BCUT2D eigenvalue weighted by Crippen LogP contribution is -2.37. The molecule has 0 unspecified atom stereocenters. The SMILES string of the molecule is CCB1C(CC)=C(CC)B(CC)C1(C)CC. The van der Waals surface area contributed by atoms with E-state index in [0.29, 0.717) is 5.21 Å². The van der Waals surface area contributed by atoms with Crippen LogP contribution in [0.3, 0.4) is 0 Å². The summed E-state index contributed by atoms with van der Waals surface area (Å²) in [6.07, 6.45) is 6.53. The molecule has 1 aliphatic rings. The Balaban J connectivity index is 3.19. The van der Waals surface area contributed by atoms with Crippen molar-refractivity contribution in [2.45, 2.75) is 78.7 Å². The highest BCUT2D eigenvalue weighted by Crippen LogP contribution is 2.52. The standard InChI is InChI=1S/C14H28B2/c1-7-12-13(8-2)16(11-5)14(6,9-3)15(12)10-4/h7-11H2,1-6H3. The molecule has 0 fully saturated rings. The Bertz CT molecular complexity index is 246. The lowest BCUT2D eigenvalue weighted by molar-refractivity contribution is 0.756. The van der Waals surface area contributed by atoms with Crippen molar-refractivity contribution >= 4 is 13.4 Å². The van der Waals surface area contributed by atoms with Crippen molar-refractivity contribution in [1.29, 1.82) is 0 Å². The van der Waals surface area contributed by atoms with Gasteiger partial charge < -0.3 is 0 Å². The maximum atomic E-state index is 2.54. The van der Waals surface area contributed by atoms with E-state index in [9.17, 15) is 0 Å². The molecule has 0 saturated carbocycles. The minimum atomic E-state index is 0.542. The van der Waals surface area contributed by atoms with Gasteiger partial charge in [-0.15, -0.1) is 10.9 Å². The van der Waals surface area contributed by atoms with E-state index in [0.717, 1.165) is 13.4 Å². The highest BCUT2D eigenvalue weighted by atomic mass is 14.2. The van der Waals surface area contributed by atoms with Gasteiger partial charge in [0.05, 0.1) is 0 Å². The number of hydrogen-bond acceptors (Lipinski definition) is 0. The summed E-state index contributed by atoms with van der Waals surface area (Å²) in [5.41, 5.74) is 3.61. The Morgan fingerprint density at radius 3 is 1.38 bits per heavy atom. The van der Waals surface area contributed by atoms with Gasteiger partial charge in [-0.1, -0.05) is 65.8 Å². The number of rotatable bonds is 5. The van der Waals surface area contributed by atoms with Gasteiger partial charge in [0.25, 0.3) is 0 Å². The van der Waals surface area contributed by atoms with Crippen LogP contribution in [-0.2, 0) is 0 Å². The fraction of sp³-hybridized carbons (Fsp3) is 0.857. The Hall–Kier alpha value is -0.130. The fourth-order valence-electron chi connectivity index (χ4n) is 4.35. The van der Waals surface area contributed by atoms with Gasteiger partial charge in [-0.05, 0) is 12.8 Å². The summed E-state index contributed by atoms with van der Waals surface area (Å²) < 4.78 is 0. The third-order valence-corrected chi connectivity index (χ3v) is 5.19. The van der Waals surface area contributed by atoms with Crippen molar-refractivity contribution in [2.75, 3.05) is 0 Å². The van der Waals surface area contributed by atoms with Crippen molar-refractivity contribution in [2.24, 2.45) is 0 Å². The van der Waals surface area contributed by atoms with E-state index in [2.05, 4.69) is 41.5 Å². The molecule has 0 radical (unpaired) electrons. The third-order valence-electron chi connectivity index (χ3n) is 5.19. The maximum absolute atomic E-state index is 2.54. The van der Waals surface area contributed by atoms with Crippen molar-refractivity contribution in [3.05, 3.63) is 10.9 Å².